The quantitative estimate of drug-likeness (QED) is 0.649. The van der Waals surface area contributed by atoms with Crippen LogP contribution in [-0.2, 0) is 20.4 Å². The summed E-state index contributed by atoms with van der Waals surface area (Å²) in [5.74, 6) is -2.90. The zero-order chi connectivity index (χ0) is 17.5. The Morgan fingerprint density at radius 2 is 2.04 bits per heavy atom. The third-order valence-electron chi connectivity index (χ3n) is 2.62. The van der Waals surface area contributed by atoms with Crippen LogP contribution in [0.2, 0.25) is 0 Å². The summed E-state index contributed by atoms with van der Waals surface area (Å²) in [4.78, 5) is 11.3. The molecule has 0 radical (unpaired) electrons. The molecule has 7 nitrogen and oxygen atoms in total. The SMILES string of the molecule is N#CCNC(=O)[C@@H](O)CS(=O)(=O)Cc1ccccc1OC(F)F. The minimum Gasteiger partial charge on any atom is -0.435 e. The minimum absolute atomic E-state index is 0.0163. The van der Waals surface area contributed by atoms with Crippen LogP contribution in [0.1, 0.15) is 5.56 Å². The smallest absolute Gasteiger partial charge is 0.387 e. The predicted octanol–water partition coefficient (Wildman–Crippen LogP) is 0.203. The van der Waals surface area contributed by atoms with Gasteiger partial charge in [0.05, 0.1) is 17.6 Å². The highest BCUT2D eigenvalue weighted by molar-refractivity contribution is 7.90. The molecule has 0 bridgehead atoms. The molecule has 126 valence electrons. The summed E-state index contributed by atoms with van der Waals surface area (Å²) in [6, 6.07) is 6.92. The van der Waals surface area contributed by atoms with Gasteiger partial charge in [0.1, 0.15) is 18.4 Å². The molecular formula is C13H14F2N2O5S. The number of nitrogens with one attached hydrogen (secondary N) is 1. The maximum Gasteiger partial charge on any atom is 0.387 e. The molecule has 23 heavy (non-hydrogen) atoms. The Labute approximate surface area is 131 Å². The fraction of sp³-hybridized carbons (Fsp3) is 0.385. The largest absolute Gasteiger partial charge is 0.435 e. The van der Waals surface area contributed by atoms with Gasteiger partial charge in [-0.1, -0.05) is 18.2 Å². The predicted molar refractivity (Wildman–Crippen MR) is 75.2 cm³/mol. The van der Waals surface area contributed by atoms with Crippen LogP contribution < -0.4 is 10.1 Å². The van der Waals surface area contributed by atoms with Gasteiger partial charge in [-0.15, -0.1) is 0 Å². The molecule has 0 saturated carbocycles. The first-order valence-corrected chi connectivity index (χ1v) is 8.13. The van der Waals surface area contributed by atoms with Crippen molar-refractivity contribution in [2.75, 3.05) is 12.3 Å². The number of nitrogens with zero attached hydrogens (tertiary/aromatic N) is 1. The lowest BCUT2D eigenvalue weighted by atomic mass is 10.2. The first kappa shape index (κ1) is 18.8. The number of para-hydroxylation sites is 1. The molecule has 1 atom stereocenters. The summed E-state index contributed by atoms with van der Waals surface area (Å²) in [6.45, 7) is -3.48. The standard InChI is InChI=1S/C13H14F2N2O5S/c14-13(15)22-11-4-2-1-3-9(11)7-23(20,21)8-10(18)12(19)17-6-5-16/h1-4,10,13,18H,6-8H2,(H,17,19)/t10-/m0/s1. The van der Waals surface area contributed by atoms with Gasteiger partial charge in [-0.3, -0.25) is 4.79 Å². The molecule has 0 spiro atoms. The monoisotopic (exact) mass is 348 g/mol. The van der Waals surface area contributed by atoms with E-state index in [-0.39, 0.29) is 17.9 Å². The second-order valence-corrected chi connectivity index (χ2v) is 6.54. The Morgan fingerprint density at radius 1 is 1.39 bits per heavy atom. The average molecular weight is 348 g/mol. The van der Waals surface area contributed by atoms with Crippen molar-refractivity contribution >= 4 is 15.7 Å². The number of hydrogen-bond acceptors (Lipinski definition) is 6. The maximum absolute atomic E-state index is 12.3. The molecular weight excluding hydrogens is 334 g/mol. The van der Waals surface area contributed by atoms with Gasteiger partial charge in [0, 0.05) is 5.56 Å². The lowest BCUT2D eigenvalue weighted by Gasteiger charge is -2.13. The number of halogens is 2. The van der Waals surface area contributed by atoms with Gasteiger partial charge < -0.3 is 15.2 Å². The van der Waals surface area contributed by atoms with Gasteiger partial charge in [-0.05, 0) is 6.07 Å². The van der Waals surface area contributed by atoms with Gasteiger partial charge in [0.25, 0.3) is 5.91 Å². The Hall–Kier alpha value is -2.25. The molecule has 0 aliphatic carbocycles. The van der Waals surface area contributed by atoms with Crippen molar-refractivity contribution in [3.05, 3.63) is 29.8 Å². The van der Waals surface area contributed by atoms with Crippen molar-refractivity contribution in [1.82, 2.24) is 5.32 Å². The number of nitriles is 1. The van der Waals surface area contributed by atoms with Gasteiger partial charge in [-0.25, -0.2) is 8.42 Å². The molecule has 0 fully saturated rings. The first-order chi connectivity index (χ1) is 10.7. The highest BCUT2D eigenvalue weighted by atomic mass is 32.2. The molecule has 1 rings (SSSR count). The summed E-state index contributed by atoms with van der Waals surface area (Å²) < 4.78 is 52.7. The summed E-state index contributed by atoms with van der Waals surface area (Å²) >= 11 is 0. The van der Waals surface area contributed by atoms with Crippen LogP contribution in [0.15, 0.2) is 24.3 Å². The van der Waals surface area contributed by atoms with Crippen molar-refractivity contribution < 1.29 is 31.8 Å². The van der Waals surface area contributed by atoms with Crippen molar-refractivity contribution in [3.63, 3.8) is 0 Å². The summed E-state index contributed by atoms with van der Waals surface area (Å²) in [7, 11) is -3.98. The zero-order valence-corrected chi connectivity index (χ0v) is 12.6. The number of carbonyl (C=O) groups is 1. The lowest BCUT2D eigenvalue weighted by molar-refractivity contribution is -0.128. The summed E-state index contributed by atoms with van der Waals surface area (Å²) in [5.41, 5.74) is -0.0163. The van der Waals surface area contributed by atoms with Gasteiger partial charge in [-0.2, -0.15) is 14.0 Å². The second-order valence-electron chi connectivity index (χ2n) is 4.43. The van der Waals surface area contributed by atoms with Gasteiger partial charge in [0.15, 0.2) is 9.84 Å². The number of hydrogen-bond donors (Lipinski definition) is 2. The van der Waals surface area contributed by atoms with E-state index in [9.17, 15) is 27.1 Å². The van der Waals surface area contributed by atoms with E-state index in [0.29, 0.717) is 0 Å². The van der Waals surface area contributed by atoms with Crippen molar-refractivity contribution in [3.8, 4) is 11.8 Å². The Kier molecular flexibility index (Phi) is 6.87. The topological polar surface area (TPSA) is 116 Å². The van der Waals surface area contributed by atoms with Crippen molar-refractivity contribution in [1.29, 1.82) is 5.26 Å². The number of sulfone groups is 1. The van der Waals surface area contributed by atoms with Gasteiger partial charge >= 0.3 is 6.61 Å². The average Bonchev–Trinajstić information content (AvgIpc) is 2.45. The van der Waals surface area contributed by atoms with Crippen LogP contribution in [0.4, 0.5) is 8.78 Å². The third-order valence-corrected chi connectivity index (χ3v) is 4.19. The number of amides is 1. The van der Waals surface area contributed by atoms with E-state index < -0.39 is 40.0 Å². The Morgan fingerprint density at radius 3 is 2.65 bits per heavy atom. The molecule has 0 aromatic heterocycles. The van der Waals surface area contributed by atoms with Crippen molar-refractivity contribution in [2.24, 2.45) is 0 Å². The Bertz CT molecular complexity index is 688. The van der Waals surface area contributed by atoms with Crippen molar-refractivity contribution in [2.45, 2.75) is 18.5 Å². The number of rotatable bonds is 8. The first-order valence-electron chi connectivity index (χ1n) is 6.31. The second kappa shape index (κ2) is 8.40. The van der Waals surface area contributed by atoms with E-state index >= 15 is 0 Å². The summed E-state index contributed by atoms with van der Waals surface area (Å²) in [5, 5.41) is 19.8. The fourth-order valence-electron chi connectivity index (χ4n) is 1.69. The number of alkyl halides is 2. The van der Waals surface area contributed by atoms with Crippen LogP contribution in [0.3, 0.4) is 0 Å². The Balaban J connectivity index is 2.79. The van der Waals surface area contributed by atoms with E-state index in [1.165, 1.54) is 24.3 Å². The number of ether oxygens (including phenoxy) is 1. The number of carbonyl (C=O) groups excluding carboxylic acids is 1. The van der Waals surface area contributed by atoms with E-state index in [2.05, 4.69) is 4.74 Å². The summed E-state index contributed by atoms with van der Waals surface area (Å²) in [6.07, 6.45) is -1.86. The van der Waals surface area contributed by atoms with Crippen LogP contribution >= 0.6 is 0 Å². The van der Waals surface area contributed by atoms with E-state index in [0.717, 1.165) is 0 Å². The van der Waals surface area contributed by atoms with Gasteiger partial charge in [0.2, 0.25) is 0 Å². The molecule has 0 aliphatic rings. The molecule has 0 heterocycles. The highest BCUT2D eigenvalue weighted by Crippen LogP contribution is 2.22. The molecule has 0 saturated heterocycles. The molecule has 1 aromatic rings. The normalized spacial score (nSPS) is 12.5. The van der Waals surface area contributed by atoms with E-state index in [1.54, 1.807) is 6.07 Å². The fourth-order valence-corrected chi connectivity index (χ4v) is 3.15. The third kappa shape index (κ3) is 6.58. The molecule has 1 amide bonds. The number of aliphatic hydroxyl groups is 1. The molecule has 0 unspecified atom stereocenters. The molecule has 2 N–H and O–H groups in total. The molecule has 10 heteroatoms. The number of aliphatic hydroxyl groups excluding tert-OH is 1. The molecule has 1 aromatic carbocycles. The molecule has 0 aliphatic heterocycles. The van der Waals surface area contributed by atoms with Crippen LogP contribution in [0.5, 0.6) is 5.75 Å². The van der Waals surface area contributed by atoms with E-state index in [1.807, 2.05) is 5.32 Å². The number of benzene rings is 1. The zero-order valence-electron chi connectivity index (χ0n) is 11.8. The minimum atomic E-state index is -3.98. The van der Waals surface area contributed by atoms with E-state index in [4.69, 9.17) is 5.26 Å². The lowest BCUT2D eigenvalue weighted by Crippen LogP contribution is -2.39. The highest BCUT2D eigenvalue weighted by Gasteiger charge is 2.25. The van der Waals surface area contributed by atoms with Crippen LogP contribution in [0, 0.1) is 11.3 Å². The maximum atomic E-state index is 12.3. The van der Waals surface area contributed by atoms with Crippen LogP contribution in [0.25, 0.3) is 0 Å². The van der Waals surface area contributed by atoms with Crippen LogP contribution in [-0.4, -0.2) is 44.4 Å².